The Labute approximate surface area is 123 Å². The zero-order valence-electron chi connectivity index (χ0n) is 11.5. The summed E-state index contributed by atoms with van der Waals surface area (Å²) < 4.78 is 1.16. The number of carbonyl (C=O) groups excluding carboxylic acids is 1. The van der Waals surface area contributed by atoms with Gasteiger partial charge in [-0.1, -0.05) is 18.2 Å². The van der Waals surface area contributed by atoms with E-state index in [4.69, 9.17) is 11.5 Å². The van der Waals surface area contributed by atoms with E-state index in [1.807, 2.05) is 12.1 Å². The molecule has 1 aromatic heterocycles. The van der Waals surface area contributed by atoms with Gasteiger partial charge in [0.1, 0.15) is 0 Å². The second-order valence-corrected chi connectivity index (χ2v) is 6.71. The molecule has 1 aliphatic carbocycles. The van der Waals surface area contributed by atoms with Crippen molar-refractivity contribution in [3.8, 4) is 0 Å². The molecule has 0 unspecified atom stereocenters. The number of primary amides is 1. The first-order valence-electron chi connectivity index (χ1n) is 7.22. The third kappa shape index (κ3) is 2.34. The van der Waals surface area contributed by atoms with Gasteiger partial charge >= 0.3 is 0 Å². The van der Waals surface area contributed by atoms with Gasteiger partial charge in [0.05, 0.1) is 4.88 Å². The van der Waals surface area contributed by atoms with Gasteiger partial charge in [-0.15, -0.1) is 11.3 Å². The molecule has 1 fully saturated rings. The Morgan fingerprint density at radius 3 is 2.55 bits per heavy atom. The van der Waals surface area contributed by atoms with Gasteiger partial charge in [0.25, 0.3) is 5.91 Å². The third-order valence-corrected chi connectivity index (χ3v) is 5.65. The highest BCUT2D eigenvalue weighted by atomic mass is 32.1. The van der Waals surface area contributed by atoms with E-state index in [0.717, 1.165) is 41.8 Å². The fraction of sp³-hybridized carbons (Fsp3) is 0.438. The third-order valence-electron chi connectivity index (χ3n) is 4.45. The summed E-state index contributed by atoms with van der Waals surface area (Å²) in [5.74, 6) is 0.812. The second-order valence-electron chi connectivity index (χ2n) is 5.66. The molecule has 1 amide bonds. The lowest BCUT2D eigenvalue weighted by Gasteiger charge is -2.28. The van der Waals surface area contributed by atoms with E-state index in [-0.39, 0.29) is 5.91 Å². The van der Waals surface area contributed by atoms with Crippen molar-refractivity contribution in [3.63, 3.8) is 0 Å². The van der Waals surface area contributed by atoms with Crippen molar-refractivity contribution < 1.29 is 4.79 Å². The molecule has 3 nitrogen and oxygen atoms in total. The summed E-state index contributed by atoms with van der Waals surface area (Å²) in [4.78, 5) is 12.5. The number of rotatable bonds is 3. The van der Waals surface area contributed by atoms with Gasteiger partial charge in [-0.25, -0.2) is 0 Å². The van der Waals surface area contributed by atoms with Crippen LogP contribution in [0.15, 0.2) is 24.3 Å². The maximum Gasteiger partial charge on any atom is 0.259 e. The highest BCUT2D eigenvalue weighted by molar-refractivity contribution is 7.21. The van der Waals surface area contributed by atoms with E-state index in [0.29, 0.717) is 11.8 Å². The Morgan fingerprint density at radius 2 is 1.90 bits per heavy atom. The minimum absolute atomic E-state index is 0.290. The number of fused-ring (bicyclic) bond motifs is 1. The SMILES string of the molecule is NCC1CCC(c2c(C(N)=O)sc3ccccc23)CC1. The van der Waals surface area contributed by atoms with E-state index in [2.05, 4.69) is 12.1 Å². The maximum atomic E-state index is 11.8. The first-order valence-corrected chi connectivity index (χ1v) is 8.03. The lowest BCUT2D eigenvalue weighted by Crippen LogP contribution is -2.22. The van der Waals surface area contributed by atoms with Gasteiger partial charge < -0.3 is 11.5 Å². The van der Waals surface area contributed by atoms with Crippen molar-refractivity contribution >= 4 is 27.3 Å². The van der Waals surface area contributed by atoms with Crippen molar-refractivity contribution in [2.24, 2.45) is 17.4 Å². The molecule has 0 atom stereocenters. The Hall–Kier alpha value is -1.39. The number of amides is 1. The molecule has 20 heavy (non-hydrogen) atoms. The van der Waals surface area contributed by atoms with Crippen LogP contribution in [0.5, 0.6) is 0 Å². The van der Waals surface area contributed by atoms with Crippen molar-refractivity contribution in [1.29, 1.82) is 0 Å². The summed E-state index contributed by atoms with van der Waals surface area (Å²) >= 11 is 1.53. The molecule has 1 saturated carbocycles. The summed E-state index contributed by atoms with van der Waals surface area (Å²) in [7, 11) is 0. The van der Waals surface area contributed by atoms with Gasteiger partial charge in [0.15, 0.2) is 0 Å². The molecule has 0 bridgehead atoms. The minimum Gasteiger partial charge on any atom is -0.365 e. The minimum atomic E-state index is -0.290. The van der Waals surface area contributed by atoms with Crippen LogP contribution >= 0.6 is 11.3 Å². The number of carbonyl (C=O) groups is 1. The first-order chi connectivity index (χ1) is 9.70. The van der Waals surface area contributed by atoms with Crippen LogP contribution < -0.4 is 11.5 Å². The number of hydrogen-bond acceptors (Lipinski definition) is 3. The Bertz CT molecular complexity index is 626. The molecule has 1 heterocycles. The zero-order chi connectivity index (χ0) is 14.1. The molecule has 1 aromatic carbocycles. The predicted octanol–water partition coefficient (Wildman–Crippen LogP) is 3.23. The molecule has 4 heteroatoms. The normalized spacial score (nSPS) is 23.1. The first kappa shape index (κ1) is 13.6. The van der Waals surface area contributed by atoms with Crippen molar-refractivity contribution in [1.82, 2.24) is 0 Å². The van der Waals surface area contributed by atoms with E-state index in [9.17, 15) is 4.79 Å². The Morgan fingerprint density at radius 1 is 1.20 bits per heavy atom. The van der Waals surface area contributed by atoms with Gasteiger partial charge in [-0.05, 0) is 61.1 Å². The van der Waals surface area contributed by atoms with Crippen LogP contribution in [-0.4, -0.2) is 12.5 Å². The summed E-state index contributed by atoms with van der Waals surface area (Å²) in [6.45, 7) is 0.778. The van der Waals surface area contributed by atoms with Crippen molar-refractivity contribution in [3.05, 3.63) is 34.7 Å². The fourth-order valence-electron chi connectivity index (χ4n) is 3.34. The van der Waals surface area contributed by atoms with Gasteiger partial charge in [0, 0.05) is 4.70 Å². The highest BCUT2D eigenvalue weighted by Crippen LogP contribution is 2.43. The molecule has 106 valence electrons. The molecule has 0 spiro atoms. The topological polar surface area (TPSA) is 69.1 Å². The number of nitrogens with two attached hydrogens (primary N) is 2. The van der Waals surface area contributed by atoms with E-state index in [1.54, 1.807) is 0 Å². The standard InChI is InChI=1S/C16H20N2OS/c17-9-10-5-7-11(8-6-10)14-12-3-1-2-4-13(12)20-15(14)16(18)19/h1-4,10-11H,5-9,17H2,(H2,18,19). The Kier molecular flexibility index (Phi) is 3.76. The fourth-order valence-corrected chi connectivity index (χ4v) is 4.48. The lowest BCUT2D eigenvalue weighted by atomic mass is 9.78. The molecule has 2 aromatic rings. The highest BCUT2D eigenvalue weighted by Gasteiger charge is 2.27. The predicted molar refractivity (Wildman–Crippen MR) is 84.1 cm³/mol. The lowest BCUT2D eigenvalue weighted by molar-refractivity contribution is 0.100. The molecule has 1 aliphatic rings. The smallest absolute Gasteiger partial charge is 0.259 e. The second kappa shape index (κ2) is 5.54. The Balaban J connectivity index is 2.01. The van der Waals surface area contributed by atoms with Crippen LogP contribution in [0.25, 0.3) is 10.1 Å². The summed E-state index contributed by atoms with van der Waals surface area (Å²) in [5, 5.41) is 1.21. The number of hydrogen-bond donors (Lipinski definition) is 2. The number of benzene rings is 1. The zero-order valence-corrected chi connectivity index (χ0v) is 12.3. The average Bonchev–Trinajstić information content (AvgIpc) is 2.87. The number of thiophene rings is 1. The van der Waals surface area contributed by atoms with Crippen LogP contribution in [0.3, 0.4) is 0 Å². The quantitative estimate of drug-likeness (QED) is 0.910. The van der Waals surface area contributed by atoms with Crippen LogP contribution in [0, 0.1) is 5.92 Å². The summed E-state index contributed by atoms with van der Waals surface area (Å²) in [5.41, 5.74) is 12.5. The van der Waals surface area contributed by atoms with Crippen molar-refractivity contribution in [2.45, 2.75) is 31.6 Å². The van der Waals surface area contributed by atoms with Gasteiger partial charge in [0.2, 0.25) is 0 Å². The summed E-state index contributed by atoms with van der Waals surface area (Å²) in [6.07, 6.45) is 4.54. The molecule has 0 radical (unpaired) electrons. The van der Waals surface area contributed by atoms with E-state index in [1.165, 1.54) is 22.3 Å². The molecular formula is C16H20N2OS. The largest absolute Gasteiger partial charge is 0.365 e. The average molecular weight is 288 g/mol. The molecule has 0 aliphatic heterocycles. The van der Waals surface area contributed by atoms with Crippen molar-refractivity contribution in [2.75, 3.05) is 6.54 Å². The molecule has 4 N–H and O–H groups in total. The molecular weight excluding hydrogens is 268 g/mol. The van der Waals surface area contributed by atoms with Crippen LogP contribution in [-0.2, 0) is 0 Å². The summed E-state index contributed by atoms with van der Waals surface area (Å²) in [6, 6.07) is 8.23. The monoisotopic (exact) mass is 288 g/mol. The van der Waals surface area contributed by atoms with Gasteiger partial charge in [-0.3, -0.25) is 4.79 Å². The molecule has 3 rings (SSSR count). The van der Waals surface area contributed by atoms with E-state index >= 15 is 0 Å². The van der Waals surface area contributed by atoms with Crippen LogP contribution in [0.1, 0.15) is 46.8 Å². The molecule has 0 saturated heterocycles. The van der Waals surface area contributed by atoms with Crippen LogP contribution in [0.2, 0.25) is 0 Å². The van der Waals surface area contributed by atoms with Crippen LogP contribution in [0.4, 0.5) is 0 Å². The van der Waals surface area contributed by atoms with Gasteiger partial charge in [-0.2, -0.15) is 0 Å². The van der Waals surface area contributed by atoms with E-state index < -0.39 is 0 Å². The maximum absolute atomic E-state index is 11.8.